The van der Waals surface area contributed by atoms with Crippen LogP contribution in [0.4, 0.5) is 13.2 Å². The van der Waals surface area contributed by atoms with Crippen LogP contribution < -0.4 is 39.4 Å². The molecular formula is C27H28F3N2NaO3S. The van der Waals surface area contributed by atoms with Crippen molar-refractivity contribution in [3.63, 3.8) is 0 Å². The van der Waals surface area contributed by atoms with Gasteiger partial charge < -0.3 is 19.5 Å². The van der Waals surface area contributed by atoms with Crippen molar-refractivity contribution in [2.45, 2.75) is 37.0 Å². The fraction of sp³-hybridized carbons (Fsp3) is 0.407. The third kappa shape index (κ3) is 7.20. The number of nitrogens with zero attached hydrogens (tertiary/aromatic N) is 2. The Hall–Kier alpha value is -1.78. The molecule has 1 unspecified atom stereocenters. The van der Waals surface area contributed by atoms with Crippen LogP contribution in [0.15, 0.2) is 47.5 Å². The van der Waals surface area contributed by atoms with Gasteiger partial charge in [-0.15, -0.1) is 11.8 Å². The molecule has 0 spiro atoms. The van der Waals surface area contributed by atoms with E-state index in [1.54, 1.807) is 25.3 Å². The summed E-state index contributed by atoms with van der Waals surface area (Å²) in [5, 5.41) is 12.8. The van der Waals surface area contributed by atoms with Gasteiger partial charge in [-0.05, 0) is 92.9 Å². The second-order valence-electron chi connectivity index (χ2n) is 9.19. The van der Waals surface area contributed by atoms with Crippen molar-refractivity contribution in [2.75, 3.05) is 32.5 Å². The van der Waals surface area contributed by atoms with Crippen molar-refractivity contribution < 1.29 is 57.4 Å². The van der Waals surface area contributed by atoms with Gasteiger partial charge in [0.15, 0.2) is 0 Å². The number of carbonyl (C=O) groups excluding carboxylic acids is 1. The summed E-state index contributed by atoms with van der Waals surface area (Å²) >= 11 is 1.25. The largest absolute Gasteiger partial charge is 1.00 e. The number of aliphatic carboxylic acids is 1. The minimum Gasteiger partial charge on any atom is -0.550 e. The molecule has 3 aromatic rings. The summed E-state index contributed by atoms with van der Waals surface area (Å²) in [4.78, 5) is 18.6. The molecule has 1 atom stereocenters. The Morgan fingerprint density at radius 3 is 2.73 bits per heavy atom. The average Bonchev–Trinajstić information content (AvgIpc) is 3.29. The summed E-state index contributed by atoms with van der Waals surface area (Å²) in [6.07, 6.45) is 3.62. The van der Waals surface area contributed by atoms with E-state index in [-0.39, 0.29) is 34.5 Å². The van der Waals surface area contributed by atoms with Crippen molar-refractivity contribution in [3.05, 3.63) is 65.6 Å². The maximum atomic E-state index is 14.6. The molecule has 1 aliphatic heterocycles. The number of pyridine rings is 1. The molecule has 2 heterocycles. The molecule has 1 saturated heterocycles. The molecule has 37 heavy (non-hydrogen) atoms. The van der Waals surface area contributed by atoms with Crippen LogP contribution in [0.3, 0.4) is 0 Å². The average molecular weight is 541 g/mol. The van der Waals surface area contributed by atoms with Crippen LogP contribution in [0.1, 0.15) is 31.2 Å². The van der Waals surface area contributed by atoms with E-state index in [1.807, 2.05) is 0 Å². The number of ether oxygens (including phenoxy) is 1. The molecule has 192 valence electrons. The number of halogens is 3. The van der Waals surface area contributed by atoms with Crippen LogP contribution in [0.2, 0.25) is 0 Å². The van der Waals surface area contributed by atoms with Crippen molar-refractivity contribution in [1.82, 2.24) is 9.88 Å². The van der Waals surface area contributed by atoms with Gasteiger partial charge in [0, 0.05) is 28.2 Å². The summed E-state index contributed by atoms with van der Waals surface area (Å²) in [6.45, 7) is 1.64. The van der Waals surface area contributed by atoms with Crippen LogP contribution in [-0.4, -0.2) is 48.4 Å². The van der Waals surface area contributed by atoms with Gasteiger partial charge in [0.05, 0.1) is 18.8 Å². The van der Waals surface area contributed by atoms with E-state index in [0.29, 0.717) is 79.7 Å². The normalized spacial score (nSPS) is 17.6. The Morgan fingerprint density at radius 1 is 1.16 bits per heavy atom. The molecular weight excluding hydrogens is 512 g/mol. The molecule has 10 heteroatoms. The van der Waals surface area contributed by atoms with Gasteiger partial charge in [-0.1, -0.05) is 0 Å². The van der Waals surface area contributed by atoms with Crippen LogP contribution in [0.5, 0.6) is 5.75 Å². The Kier molecular flexibility index (Phi) is 10.7. The van der Waals surface area contributed by atoms with E-state index < -0.39 is 28.8 Å². The molecule has 0 N–H and O–H groups in total. The van der Waals surface area contributed by atoms with Crippen molar-refractivity contribution in [1.29, 1.82) is 0 Å². The Bertz CT molecular complexity index is 1250. The predicted molar refractivity (Wildman–Crippen MR) is 131 cm³/mol. The molecule has 1 aromatic heterocycles. The van der Waals surface area contributed by atoms with E-state index in [9.17, 15) is 23.1 Å². The monoisotopic (exact) mass is 540 g/mol. The standard InChI is InChI=1S/C27H29F3N2O3S.Na/c1-35-19-6-8-24-21(15-19)20(23(30)16-31-24)4-2-9-27(26(33)34)10-12-32(17-27)11-3-13-36-25-14-18(28)5-7-22(25)29;/h5-8,14-16H,2-4,9-13,17H2,1H3,(H,33,34);/q;+1/p-1. The zero-order chi connectivity index (χ0) is 25.7. The molecule has 0 saturated carbocycles. The van der Waals surface area contributed by atoms with Gasteiger partial charge in [-0.2, -0.15) is 0 Å². The smallest absolute Gasteiger partial charge is 0.550 e. The second-order valence-corrected chi connectivity index (χ2v) is 10.3. The molecule has 5 nitrogen and oxygen atoms in total. The van der Waals surface area contributed by atoms with Crippen molar-refractivity contribution in [3.8, 4) is 5.75 Å². The third-order valence-corrected chi connectivity index (χ3v) is 7.97. The number of aryl methyl sites for hydroxylation is 1. The zero-order valence-electron chi connectivity index (χ0n) is 21.1. The molecule has 4 rings (SSSR count). The zero-order valence-corrected chi connectivity index (χ0v) is 23.9. The Labute approximate surface area is 241 Å². The first kappa shape index (κ1) is 29.8. The number of methoxy groups -OCH3 is 1. The van der Waals surface area contributed by atoms with Gasteiger partial charge >= 0.3 is 29.6 Å². The van der Waals surface area contributed by atoms with E-state index in [2.05, 4.69) is 9.88 Å². The summed E-state index contributed by atoms with van der Waals surface area (Å²) in [7, 11) is 1.54. The van der Waals surface area contributed by atoms with Crippen LogP contribution in [-0.2, 0) is 11.2 Å². The summed E-state index contributed by atoms with van der Waals surface area (Å²) < 4.78 is 47.0. The van der Waals surface area contributed by atoms with Crippen LogP contribution >= 0.6 is 11.8 Å². The number of hydrogen-bond donors (Lipinski definition) is 0. The SMILES string of the molecule is COc1ccc2ncc(F)c(CCCC3(C(=O)[O-])CCN(CCCSc4cc(F)ccc4F)C3)c2c1.[Na+]. The number of carboxylic acid groups (broad SMARTS) is 1. The van der Waals surface area contributed by atoms with Gasteiger partial charge in [-0.3, -0.25) is 4.98 Å². The second kappa shape index (κ2) is 13.3. The first-order chi connectivity index (χ1) is 17.3. The quantitative estimate of drug-likeness (QED) is 0.209. The number of likely N-dealkylation sites (tertiary alicyclic amines) is 1. The molecule has 0 bridgehead atoms. The molecule has 1 aliphatic rings. The number of fused-ring (bicyclic) bond motifs is 1. The van der Waals surface area contributed by atoms with Crippen molar-refractivity contribution in [2.24, 2.45) is 5.41 Å². The maximum absolute atomic E-state index is 14.6. The third-order valence-electron chi connectivity index (χ3n) is 6.85. The number of carboxylic acids is 1. The van der Waals surface area contributed by atoms with Gasteiger partial charge in [0.25, 0.3) is 0 Å². The van der Waals surface area contributed by atoms with Crippen LogP contribution in [0, 0.1) is 22.9 Å². The van der Waals surface area contributed by atoms with E-state index >= 15 is 0 Å². The number of hydrogen-bond acceptors (Lipinski definition) is 6. The molecule has 1 fully saturated rings. The fourth-order valence-electron chi connectivity index (χ4n) is 4.87. The van der Waals surface area contributed by atoms with Gasteiger partial charge in [-0.25, -0.2) is 13.2 Å². The summed E-state index contributed by atoms with van der Waals surface area (Å²) in [5.74, 6) is -1.23. The molecule has 2 aromatic carbocycles. The van der Waals surface area contributed by atoms with E-state index in [1.165, 1.54) is 24.0 Å². The number of rotatable bonds is 11. The minimum atomic E-state index is -1.08. The molecule has 0 amide bonds. The summed E-state index contributed by atoms with van der Waals surface area (Å²) in [6, 6.07) is 8.68. The van der Waals surface area contributed by atoms with Gasteiger partial charge in [0.2, 0.25) is 0 Å². The van der Waals surface area contributed by atoms with Crippen LogP contribution in [0.25, 0.3) is 10.9 Å². The van der Waals surface area contributed by atoms with Gasteiger partial charge in [0.1, 0.15) is 23.2 Å². The predicted octanol–water partition coefficient (Wildman–Crippen LogP) is 1.61. The van der Waals surface area contributed by atoms with Crippen molar-refractivity contribution >= 4 is 28.6 Å². The molecule has 0 aliphatic carbocycles. The topological polar surface area (TPSA) is 65.5 Å². The molecule has 0 radical (unpaired) electrons. The first-order valence-corrected chi connectivity index (χ1v) is 12.9. The van der Waals surface area contributed by atoms with E-state index in [4.69, 9.17) is 4.74 Å². The van der Waals surface area contributed by atoms with E-state index in [0.717, 1.165) is 12.1 Å². The fourth-order valence-corrected chi connectivity index (χ4v) is 5.76. The Balaban J connectivity index is 0.00000380. The Morgan fingerprint density at radius 2 is 1.97 bits per heavy atom. The minimum absolute atomic E-state index is 0. The number of thioether (sulfide) groups is 1. The number of aromatic nitrogens is 1. The number of benzene rings is 2. The first-order valence-electron chi connectivity index (χ1n) is 11.9. The summed E-state index contributed by atoms with van der Waals surface area (Å²) in [5.41, 5.74) is 0.174. The maximum Gasteiger partial charge on any atom is 1.00 e. The number of carbonyl (C=O) groups is 1.